The van der Waals surface area contributed by atoms with Crippen LogP contribution in [-0.4, -0.2) is 5.91 Å². The average Bonchev–Trinajstić information content (AvgIpc) is 2.47. The molecule has 3 rings (SSSR count). The molecule has 2 aromatic carbocycles. The summed E-state index contributed by atoms with van der Waals surface area (Å²) in [6, 6.07) is 13.3. The molecule has 1 atom stereocenters. The third-order valence-corrected chi connectivity index (χ3v) is 4.17. The molecule has 2 aromatic rings. The van der Waals surface area contributed by atoms with E-state index in [2.05, 4.69) is 17.4 Å². The second-order valence-electron chi connectivity index (χ2n) is 5.35. The second kappa shape index (κ2) is 5.78. The Kier molecular flexibility index (Phi) is 3.84. The zero-order valence-corrected chi connectivity index (χ0v) is 12.4. The van der Waals surface area contributed by atoms with Crippen molar-refractivity contribution < 1.29 is 4.79 Å². The SMILES string of the molecule is Nc1cc(Cl)ccc1C(=O)NC1CCCc2ccccc21. The summed E-state index contributed by atoms with van der Waals surface area (Å²) in [6.07, 6.45) is 3.11. The summed E-state index contributed by atoms with van der Waals surface area (Å²) in [7, 11) is 0. The molecule has 4 heteroatoms. The Labute approximate surface area is 129 Å². The zero-order chi connectivity index (χ0) is 14.8. The number of aryl methyl sites for hydroxylation is 1. The van der Waals surface area contributed by atoms with Crippen LogP contribution in [-0.2, 0) is 6.42 Å². The second-order valence-corrected chi connectivity index (χ2v) is 5.79. The fourth-order valence-electron chi connectivity index (χ4n) is 2.88. The fraction of sp³-hybridized carbons (Fsp3) is 0.235. The first kappa shape index (κ1) is 14.0. The maximum absolute atomic E-state index is 12.4. The molecular formula is C17H17ClN2O. The van der Waals surface area contributed by atoms with Crippen LogP contribution in [0.25, 0.3) is 0 Å². The molecule has 21 heavy (non-hydrogen) atoms. The molecule has 0 aromatic heterocycles. The van der Waals surface area contributed by atoms with Gasteiger partial charge in [0.1, 0.15) is 0 Å². The van der Waals surface area contributed by atoms with Gasteiger partial charge in [0.05, 0.1) is 11.6 Å². The van der Waals surface area contributed by atoms with E-state index in [0.717, 1.165) is 19.3 Å². The molecule has 1 amide bonds. The molecule has 0 fully saturated rings. The summed E-state index contributed by atoms with van der Waals surface area (Å²) in [5.74, 6) is -0.147. The van der Waals surface area contributed by atoms with E-state index in [9.17, 15) is 4.79 Å². The minimum absolute atomic E-state index is 0.0533. The Bertz CT molecular complexity index is 684. The van der Waals surface area contributed by atoms with Crippen molar-refractivity contribution in [3.05, 3.63) is 64.2 Å². The number of amides is 1. The number of halogens is 1. The summed E-state index contributed by atoms with van der Waals surface area (Å²) in [5, 5.41) is 3.62. The summed E-state index contributed by atoms with van der Waals surface area (Å²) >= 11 is 5.87. The highest BCUT2D eigenvalue weighted by atomic mass is 35.5. The number of nitrogens with two attached hydrogens (primary N) is 1. The van der Waals surface area contributed by atoms with E-state index in [4.69, 9.17) is 17.3 Å². The van der Waals surface area contributed by atoms with Gasteiger partial charge in [-0.2, -0.15) is 0 Å². The number of fused-ring (bicyclic) bond motifs is 1. The zero-order valence-electron chi connectivity index (χ0n) is 11.6. The number of carbonyl (C=O) groups excluding carboxylic acids is 1. The van der Waals surface area contributed by atoms with Crippen molar-refractivity contribution in [3.63, 3.8) is 0 Å². The lowest BCUT2D eigenvalue weighted by molar-refractivity contribution is 0.0933. The summed E-state index contributed by atoms with van der Waals surface area (Å²) < 4.78 is 0. The van der Waals surface area contributed by atoms with E-state index in [1.807, 2.05) is 12.1 Å². The van der Waals surface area contributed by atoms with Crippen molar-refractivity contribution in [2.24, 2.45) is 0 Å². The van der Waals surface area contributed by atoms with Crippen LogP contribution in [0.3, 0.4) is 0 Å². The molecule has 0 aliphatic heterocycles. The van der Waals surface area contributed by atoms with Crippen LogP contribution in [0.1, 0.15) is 40.4 Å². The van der Waals surface area contributed by atoms with Gasteiger partial charge in [0.2, 0.25) is 0 Å². The Morgan fingerprint density at radius 3 is 2.86 bits per heavy atom. The molecule has 0 saturated heterocycles. The van der Waals surface area contributed by atoms with E-state index >= 15 is 0 Å². The van der Waals surface area contributed by atoms with Crippen LogP contribution < -0.4 is 11.1 Å². The molecule has 1 unspecified atom stereocenters. The van der Waals surface area contributed by atoms with Crippen molar-refractivity contribution in [1.29, 1.82) is 0 Å². The molecule has 0 saturated carbocycles. The van der Waals surface area contributed by atoms with Gasteiger partial charge in [-0.15, -0.1) is 0 Å². The highest BCUT2D eigenvalue weighted by Crippen LogP contribution is 2.30. The van der Waals surface area contributed by atoms with Crippen molar-refractivity contribution in [1.82, 2.24) is 5.32 Å². The van der Waals surface area contributed by atoms with Gasteiger partial charge in [-0.3, -0.25) is 4.79 Å². The van der Waals surface area contributed by atoms with Crippen molar-refractivity contribution in [3.8, 4) is 0 Å². The summed E-state index contributed by atoms with van der Waals surface area (Å²) in [5.41, 5.74) is 9.29. The lowest BCUT2D eigenvalue weighted by Crippen LogP contribution is -2.31. The molecule has 3 N–H and O–H groups in total. The maximum Gasteiger partial charge on any atom is 0.253 e. The molecule has 108 valence electrons. The molecule has 0 bridgehead atoms. The molecule has 1 aliphatic rings. The fourth-order valence-corrected chi connectivity index (χ4v) is 3.06. The van der Waals surface area contributed by atoms with Crippen LogP contribution in [0, 0.1) is 0 Å². The van der Waals surface area contributed by atoms with Gasteiger partial charge in [-0.05, 0) is 48.6 Å². The molecule has 0 radical (unpaired) electrons. The number of hydrogen-bond acceptors (Lipinski definition) is 2. The Morgan fingerprint density at radius 1 is 1.24 bits per heavy atom. The Morgan fingerprint density at radius 2 is 2.05 bits per heavy atom. The van der Waals surface area contributed by atoms with Crippen LogP contribution in [0.4, 0.5) is 5.69 Å². The predicted molar refractivity (Wildman–Crippen MR) is 85.5 cm³/mol. The van der Waals surface area contributed by atoms with Gasteiger partial charge in [-0.25, -0.2) is 0 Å². The van der Waals surface area contributed by atoms with E-state index in [1.54, 1.807) is 18.2 Å². The first-order valence-electron chi connectivity index (χ1n) is 7.09. The number of rotatable bonds is 2. The number of nitrogens with one attached hydrogen (secondary N) is 1. The van der Waals surface area contributed by atoms with E-state index in [1.165, 1.54) is 11.1 Å². The monoisotopic (exact) mass is 300 g/mol. The van der Waals surface area contributed by atoms with Crippen LogP contribution in [0.2, 0.25) is 5.02 Å². The molecule has 0 spiro atoms. The number of nitrogen functional groups attached to an aromatic ring is 1. The maximum atomic E-state index is 12.4. The molecule has 0 heterocycles. The molecule has 3 nitrogen and oxygen atoms in total. The van der Waals surface area contributed by atoms with Gasteiger partial charge < -0.3 is 11.1 Å². The lowest BCUT2D eigenvalue weighted by Gasteiger charge is -2.26. The summed E-state index contributed by atoms with van der Waals surface area (Å²) in [4.78, 5) is 12.4. The highest BCUT2D eigenvalue weighted by Gasteiger charge is 2.22. The summed E-state index contributed by atoms with van der Waals surface area (Å²) in [6.45, 7) is 0. The smallest absolute Gasteiger partial charge is 0.253 e. The largest absolute Gasteiger partial charge is 0.398 e. The standard InChI is InChI=1S/C17H17ClN2O/c18-12-8-9-14(15(19)10-12)17(21)20-16-7-3-5-11-4-1-2-6-13(11)16/h1-2,4,6,8-10,16H,3,5,7,19H2,(H,20,21). The predicted octanol–water partition coefficient (Wildman–Crippen LogP) is 3.73. The first-order chi connectivity index (χ1) is 10.1. The number of anilines is 1. The first-order valence-corrected chi connectivity index (χ1v) is 7.46. The topological polar surface area (TPSA) is 55.1 Å². The van der Waals surface area contributed by atoms with Gasteiger partial charge in [0.25, 0.3) is 5.91 Å². The van der Waals surface area contributed by atoms with Crippen molar-refractivity contribution in [2.45, 2.75) is 25.3 Å². The number of carbonyl (C=O) groups is 1. The Balaban J connectivity index is 1.83. The van der Waals surface area contributed by atoms with E-state index in [0.29, 0.717) is 16.3 Å². The van der Waals surface area contributed by atoms with Crippen LogP contribution in [0.15, 0.2) is 42.5 Å². The molecule has 1 aliphatic carbocycles. The van der Waals surface area contributed by atoms with Crippen LogP contribution >= 0.6 is 11.6 Å². The van der Waals surface area contributed by atoms with Crippen molar-refractivity contribution in [2.75, 3.05) is 5.73 Å². The van der Waals surface area contributed by atoms with Gasteiger partial charge in [-0.1, -0.05) is 35.9 Å². The highest BCUT2D eigenvalue weighted by molar-refractivity contribution is 6.31. The Hall–Kier alpha value is -2.00. The van der Waals surface area contributed by atoms with E-state index in [-0.39, 0.29) is 11.9 Å². The van der Waals surface area contributed by atoms with Crippen LogP contribution in [0.5, 0.6) is 0 Å². The number of benzene rings is 2. The van der Waals surface area contributed by atoms with Gasteiger partial charge in [0.15, 0.2) is 0 Å². The third kappa shape index (κ3) is 2.88. The van der Waals surface area contributed by atoms with Gasteiger partial charge >= 0.3 is 0 Å². The van der Waals surface area contributed by atoms with Gasteiger partial charge in [0, 0.05) is 10.7 Å². The minimum atomic E-state index is -0.147. The molecular weight excluding hydrogens is 284 g/mol. The third-order valence-electron chi connectivity index (χ3n) is 3.93. The van der Waals surface area contributed by atoms with Crippen molar-refractivity contribution >= 4 is 23.2 Å². The minimum Gasteiger partial charge on any atom is -0.398 e. The average molecular weight is 301 g/mol. The normalized spacial score (nSPS) is 17.1. The number of hydrogen-bond donors (Lipinski definition) is 2. The lowest BCUT2D eigenvalue weighted by atomic mass is 9.87. The van der Waals surface area contributed by atoms with E-state index < -0.39 is 0 Å². The quantitative estimate of drug-likeness (QED) is 0.830.